The van der Waals surface area contributed by atoms with Gasteiger partial charge in [-0.15, -0.1) is 0 Å². The summed E-state index contributed by atoms with van der Waals surface area (Å²) in [6.45, 7) is 3.06. The van der Waals surface area contributed by atoms with E-state index in [2.05, 4.69) is 5.32 Å². The Kier molecular flexibility index (Phi) is 5.10. The fourth-order valence-electron chi connectivity index (χ4n) is 1.51. The van der Waals surface area contributed by atoms with Crippen LogP contribution in [0, 0.1) is 0 Å². The smallest absolute Gasteiger partial charge is 0.323 e. The highest BCUT2D eigenvalue weighted by Crippen LogP contribution is 2.23. The van der Waals surface area contributed by atoms with Crippen molar-refractivity contribution in [2.75, 3.05) is 26.0 Å². The summed E-state index contributed by atoms with van der Waals surface area (Å²) in [7, 11) is 3.11. The van der Waals surface area contributed by atoms with Gasteiger partial charge in [-0.05, 0) is 33.0 Å². The van der Waals surface area contributed by atoms with Crippen LogP contribution in [0.4, 0.5) is 5.69 Å². The molecule has 6 heteroatoms. The summed E-state index contributed by atoms with van der Waals surface area (Å²) in [5.41, 5.74) is -0.556. The number of amides is 1. The van der Waals surface area contributed by atoms with Crippen LogP contribution >= 0.6 is 0 Å². The lowest BCUT2D eigenvalue weighted by atomic mass is 10.0. The number of likely N-dealkylation sites (N-methyl/N-ethyl adjacent to an activating group) is 1. The molecule has 0 aliphatic rings. The van der Waals surface area contributed by atoms with E-state index >= 15 is 0 Å². The fourth-order valence-corrected chi connectivity index (χ4v) is 1.51. The third-order valence-electron chi connectivity index (χ3n) is 3.24. The van der Waals surface area contributed by atoms with Crippen LogP contribution in [-0.2, 0) is 9.59 Å². The standard InChI is InChI=1S/C14H20N2O4/c1-14(2,13(18)19)16(3)9-12(17)15-10-7-5-6-8-11(10)20-4/h5-8H,9H2,1-4H3,(H,15,17)(H,18,19). The first-order valence-electron chi connectivity index (χ1n) is 6.16. The van der Waals surface area contributed by atoms with Crippen LogP contribution in [0.3, 0.4) is 0 Å². The number of ether oxygens (including phenoxy) is 1. The van der Waals surface area contributed by atoms with Gasteiger partial charge in [-0.25, -0.2) is 0 Å². The zero-order valence-corrected chi connectivity index (χ0v) is 12.1. The Bertz CT molecular complexity index is 500. The van der Waals surface area contributed by atoms with Crippen LogP contribution in [-0.4, -0.2) is 48.1 Å². The molecule has 0 unspecified atom stereocenters. The lowest BCUT2D eigenvalue weighted by Crippen LogP contribution is -2.50. The molecule has 0 bridgehead atoms. The molecule has 110 valence electrons. The molecule has 0 aromatic heterocycles. The molecule has 6 nitrogen and oxygen atoms in total. The van der Waals surface area contributed by atoms with Crippen molar-refractivity contribution in [3.05, 3.63) is 24.3 Å². The number of para-hydroxylation sites is 2. The third-order valence-corrected chi connectivity index (χ3v) is 3.24. The van der Waals surface area contributed by atoms with Crippen LogP contribution < -0.4 is 10.1 Å². The van der Waals surface area contributed by atoms with Crippen molar-refractivity contribution in [3.63, 3.8) is 0 Å². The van der Waals surface area contributed by atoms with Gasteiger partial charge in [0.05, 0.1) is 19.3 Å². The van der Waals surface area contributed by atoms with Crippen LogP contribution in [0.5, 0.6) is 5.75 Å². The monoisotopic (exact) mass is 280 g/mol. The third kappa shape index (κ3) is 3.71. The number of nitrogens with one attached hydrogen (secondary N) is 1. The molecule has 0 aliphatic heterocycles. The molecule has 1 aromatic carbocycles. The van der Waals surface area contributed by atoms with Crippen molar-refractivity contribution in [2.24, 2.45) is 0 Å². The molecular weight excluding hydrogens is 260 g/mol. The Balaban J connectivity index is 2.71. The average Bonchev–Trinajstić information content (AvgIpc) is 2.38. The predicted molar refractivity (Wildman–Crippen MR) is 76.0 cm³/mol. The second-order valence-electron chi connectivity index (χ2n) is 4.97. The van der Waals surface area contributed by atoms with Crippen molar-refractivity contribution in [2.45, 2.75) is 19.4 Å². The molecular formula is C14H20N2O4. The molecule has 0 saturated heterocycles. The summed E-state index contributed by atoms with van der Waals surface area (Å²) in [5, 5.41) is 11.8. The van der Waals surface area contributed by atoms with Crippen molar-refractivity contribution in [1.82, 2.24) is 4.90 Å². The highest BCUT2D eigenvalue weighted by atomic mass is 16.5. The van der Waals surface area contributed by atoms with Crippen LogP contribution in [0.15, 0.2) is 24.3 Å². The minimum atomic E-state index is -1.11. The number of carbonyl (C=O) groups excluding carboxylic acids is 1. The molecule has 2 N–H and O–H groups in total. The Labute approximate surface area is 118 Å². The first kappa shape index (κ1) is 16.0. The topological polar surface area (TPSA) is 78.9 Å². The first-order chi connectivity index (χ1) is 9.28. The number of hydrogen-bond acceptors (Lipinski definition) is 4. The number of carboxylic acid groups (broad SMARTS) is 1. The summed E-state index contributed by atoms with van der Waals surface area (Å²) in [6.07, 6.45) is 0. The molecule has 1 amide bonds. The Morgan fingerprint density at radius 2 is 1.95 bits per heavy atom. The Morgan fingerprint density at radius 1 is 1.35 bits per heavy atom. The molecule has 0 spiro atoms. The molecule has 1 aromatic rings. The van der Waals surface area contributed by atoms with E-state index in [0.717, 1.165) is 0 Å². The maximum atomic E-state index is 12.0. The average molecular weight is 280 g/mol. The van der Waals surface area contributed by atoms with E-state index in [-0.39, 0.29) is 12.5 Å². The van der Waals surface area contributed by atoms with Crippen molar-refractivity contribution < 1.29 is 19.4 Å². The van der Waals surface area contributed by atoms with Crippen LogP contribution in [0.25, 0.3) is 0 Å². The molecule has 1 rings (SSSR count). The van der Waals surface area contributed by atoms with Crippen LogP contribution in [0.1, 0.15) is 13.8 Å². The number of hydrogen-bond donors (Lipinski definition) is 2. The molecule has 0 radical (unpaired) electrons. The van der Waals surface area contributed by atoms with E-state index in [0.29, 0.717) is 11.4 Å². The minimum Gasteiger partial charge on any atom is -0.495 e. The summed E-state index contributed by atoms with van der Waals surface area (Å²) in [5.74, 6) is -0.725. The fraction of sp³-hybridized carbons (Fsp3) is 0.429. The van der Waals surface area contributed by atoms with E-state index in [9.17, 15) is 9.59 Å². The summed E-state index contributed by atoms with van der Waals surface area (Å²) in [6, 6.07) is 7.04. The molecule has 0 aliphatic carbocycles. The molecule has 0 saturated carbocycles. The van der Waals surface area contributed by atoms with Gasteiger partial charge in [0.25, 0.3) is 0 Å². The van der Waals surface area contributed by atoms with Gasteiger partial charge in [0, 0.05) is 0 Å². The van der Waals surface area contributed by atoms with Gasteiger partial charge in [-0.2, -0.15) is 0 Å². The number of aliphatic carboxylic acids is 1. The predicted octanol–water partition coefficient (Wildman–Crippen LogP) is 1.43. The summed E-state index contributed by atoms with van der Waals surface area (Å²) < 4.78 is 5.13. The first-order valence-corrected chi connectivity index (χ1v) is 6.16. The lowest BCUT2D eigenvalue weighted by molar-refractivity contribution is -0.148. The van der Waals surface area contributed by atoms with Crippen molar-refractivity contribution >= 4 is 17.6 Å². The summed E-state index contributed by atoms with van der Waals surface area (Å²) in [4.78, 5) is 24.5. The minimum absolute atomic E-state index is 0.0304. The quantitative estimate of drug-likeness (QED) is 0.824. The molecule has 0 fully saturated rings. The number of methoxy groups -OCH3 is 1. The molecule has 0 heterocycles. The van der Waals surface area contributed by atoms with Gasteiger partial charge in [-0.3, -0.25) is 14.5 Å². The molecule has 0 atom stereocenters. The number of nitrogens with zero attached hydrogens (tertiary/aromatic N) is 1. The summed E-state index contributed by atoms with van der Waals surface area (Å²) >= 11 is 0. The zero-order valence-electron chi connectivity index (χ0n) is 12.1. The normalized spacial score (nSPS) is 11.2. The second-order valence-corrected chi connectivity index (χ2v) is 4.97. The van der Waals surface area contributed by atoms with E-state index in [4.69, 9.17) is 9.84 Å². The maximum Gasteiger partial charge on any atom is 0.323 e. The molecule has 20 heavy (non-hydrogen) atoms. The van der Waals surface area contributed by atoms with E-state index < -0.39 is 11.5 Å². The number of carbonyl (C=O) groups is 2. The number of benzene rings is 1. The van der Waals surface area contributed by atoms with Crippen molar-refractivity contribution in [3.8, 4) is 5.75 Å². The van der Waals surface area contributed by atoms with Gasteiger partial charge in [0.2, 0.25) is 5.91 Å². The highest BCUT2D eigenvalue weighted by Gasteiger charge is 2.33. The van der Waals surface area contributed by atoms with E-state index in [1.54, 1.807) is 45.2 Å². The van der Waals surface area contributed by atoms with Crippen LogP contribution in [0.2, 0.25) is 0 Å². The Hall–Kier alpha value is -2.08. The van der Waals surface area contributed by atoms with Gasteiger partial charge < -0.3 is 15.2 Å². The lowest BCUT2D eigenvalue weighted by Gasteiger charge is -2.30. The number of anilines is 1. The van der Waals surface area contributed by atoms with Gasteiger partial charge in [0.15, 0.2) is 0 Å². The van der Waals surface area contributed by atoms with E-state index in [1.165, 1.54) is 12.0 Å². The van der Waals surface area contributed by atoms with Gasteiger partial charge in [-0.1, -0.05) is 12.1 Å². The number of rotatable bonds is 6. The highest BCUT2D eigenvalue weighted by molar-refractivity contribution is 5.94. The SMILES string of the molecule is COc1ccccc1NC(=O)CN(C)C(C)(C)C(=O)O. The second kappa shape index (κ2) is 6.38. The number of carboxylic acids is 1. The van der Waals surface area contributed by atoms with E-state index in [1.807, 2.05) is 0 Å². The van der Waals surface area contributed by atoms with Gasteiger partial charge in [0.1, 0.15) is 11.3 Å². The van der Waals surface area contributed by atoms with Crippen molar-refractivity contribution in [1.29, 1.82) is 0 Å². The van der Waals surface area contributed by atoms with Gasteiger partial charge >= 0.3 is 5.97 Å². The maximum absolute atomic E-state index is 12.0. The Morgan fingerprint density at radius 3 is 2.50 bits per heavy atom. The largest absolute Gasteiger partial charge is 0.495 e. The zero-order chi connectivity index (χ0) is 15.3.